The highest BCUT2D eigenvalue weighted by Gasteiger charge is 2.23. The van der Waals surface area contributed by atoms with Crippen molar-refractivity contribution in [1.29, 1.82) is 0 Å². The maximum Gasteiger partial charge on any atom is 0.245 e. The van der Waals surface area contributed by atoms with E-state index in [4.69, 9.17) is 4.74 Å². The van der Waals surface area contributed by atoms with Gasteiger partial charge >= 0.3 is 0 Å². The van der Waals surface area contributed by atoms with Gasteiger partial charge in [0, 0.05) is 6.04 Å². The maximum absolute atomic E-state index is 13.5. The van der Waals surface area contributed by atoms with Crippen LogP contribution in [0.1, 0.15) is 13.8 Å². The Morgan fingerprint density at radius 1 is 1.13 bits per heavy atom. The first-order chi connectivity index (χ1) is 14.3. The van der Waals surface area contributed by atoms with Gasteiger partial charge in [0.1, 0.15) is 18.1 Å². The SMILES string of the molecule is COc1ccc(S(=O)(=O)NC(C)C)cc1NC(=O)CN(c1cccc(F)c1)S(C)(=O)=O. The van der Waals surface area contributed by atoms with Crippen molar-refractivity contribution >= 4 is 37.3 Å². The molecule has 12 heteroatoms. The smallest absolute Gasteiger partial charge is 0.245 e. The van der Waals surface area contributed by atoms with E-state index >= 15 is 0 Å². The molecule has 2 N–H and O–H groups in total. The number of anilines is 2. The largest absolute Gasteiger partial charge is 0.495 e. The molecule has 9 nitrogen and oxygen atoms in total. The minimum Gasteiger partial charge on any atom is -0.495 e. The number of rotatable bonds is 9. The highest BCUT2D eigenvalue weighted by atomic mass is 32.2. The zero-order chi connectivity index (χ0) is 23.4. The molecule has 2 rings (SSSR count). The van der Waals surface area contributed by atoms with Crippen LogP contribution in [0.2, 0.25) is 0 Å². The molecule has 0 aromatic heterocycles. The normalized spacial score (nSPS) is 11.9. The van der Waals surface area contributed by atoms with E-state index < -0.39 is 38.3 Å². The Morgan fingerprint density at radius 2 is 1.81 bits per heavy atom. The fourth-order valence-electron chi connectivity index (χ4n) is 2.68. The quantitative estimate of drug-likeness (QED) is 0.574. The first-order valence-corrected chi connectivity index (χ1v) is 12.4. The van der Waals surface area contributed by atoms with Crippen LogP contribution in [-0.2, 0) is 24.8 Å². The third-order valence-electron chi connectivity index (χ3n) is 3.93. The Morgan fingerprint density at radius 3 is 2.35 bits per heavy atom. The minimum absolute atomic E-state index is 0.0259. The number of ether oxygens (including phenoxy) is 1. The molecule has 170 valence electrons. The van der Waals surface area contributed by atoms with E-state index in [0.29, 0.717) is 0 Å². The van der Waals surface area contributed by atoms with Crippen molar-refractivity contribution in [2.45, 2.75) is 24.8 Å². The number of sulfonamides is 2. The number of hydrogen-bond acceptors (Lipinski definition) is 6. The van der Waals surface area contributed by atoms with Gasteiger partial charge in [0.05, 0.1) is 29.6 Å². The lowest BCUT2D eigenvalue weighted by atomic mass is 10.3. The zero-order valence-corrected chi connectivity index (χ0v) is 19.1. The minimum atomic E-state index is -3.91. The standard InChI is InChI=1S/C19H24FN3O6S2/c1-13(2)22-31(27,28)16-8-9-18(29-3)17(11-16)21-19(24)12-23(30(4,25)26)15-7-5-6-14(20)10-15/h5-11,13,22H,12H2,1-4H3,(H,21,24). The molecule has 2 aromatic rings. The van der Waals surface area contributed by atoms with Crippen molar-refractivity contribution in [3.05, 3.63) is 48.3 Å². The number of hydrogen-bond donors (Lipinski definition) is 2. The summed E-state index contributed by atoms with van der Waals surface area (Å²) in [7, 11) is -6.42. The summed E-state index contributed by atoms with van der Waals surface area (Å²) >= 11 is 0. The van der Waals surface area contributed by atoms with Crippen molar-refractivity contribution < 1.29 is 30.8 Å². The molecule has 0 unspecified atom stereocenters. The Hall–Kier alpha value is -2.70. The van der Waals surface area contributed by atoms with Crippen LogP contribution in [0.3, 0.4) is 0 Å². The van der Waals surface area contributed by atoms with Gasteiger partial charge in [-0.25, -0.2) is 25.9 Å². The Balaban J connectivity index is 2.34. The topological polar surface area (TPSA) is 122 Å². The fourth-order valence-corrected chi connectivity index (χ4v) is 4.81. The zero-order valence-electron chi connectivity index (χ0n) is 17.4. The Bertz CT molecular complexity index is 1170. The molecule has 0 bridgehead atoms. The summed E-state index contributed by atoms with van der Waals surface area (Å²) in [4.78, 5) is 12.5. The molecular weight excluding hydrogens is 449 g/mol. The highest BCUT2D eigenvalue weighted by Crippen LogP contribution is 2.28. The summed E-state index contributed by atoms with van der Waals surface area (Å²) in [6, 6.07) is 8.34. The van der Waals surface area contributed by atoms with Crippen LogP contribution in [0.4, 0.5) is 15.8 Å². The van der Waals surface area contributed by atoms with Gasteiger partial charge in [0.2, 0.25) is 26.0 Å². The predicted molar refractivity (Wildman–Crippen MR) is 116 cm³/mol. The summed E-state index contributed by atoms with van der Waals surface area (Å²) in [5.74, 6) is -1.27. The lowest BCUT2D eigenvalue weighted by molar-refractivity contribution is -0.114. The van der Waals surface area contributed by atoms with Gasteiger partial charge < -0.3 is 10.1 Å². The molecule has 31 heavy (non-hydrogen) atoms. The van der Waals surface area contributed by atoms with Gasteiger partial charge in [-0.1, -0.05) is 6.07 Å². The van der Waals surface area contributed by atoms with E-state index in [-0.39, 0.29) is 28.1 Å². The van der Waals surface area contributed by atoms with Crippen LogP contribution in [0.25, 0.3) is 0 Å². The summed E-state index contributed by atoms with van der Waals surface area (Å²) < 4.78 is 71.0. The first-order valence-electron chi connectivity index (χ1n) is 9.07. The molecule has 0 heterocycles. The lowest BCUT2D eigenvalue weighted by Gasteiger charge is -2.22. The molecule has 0 fully saturated rings. The van der Waals surface area contributed by atoms with Crippen LogP contribution >= 0.6 is 0 Å². The molecule has 0 aliphatic rings. The van der Waals surface area contributed by atoms with Crippen molar-refractivity contribution in [2.75, 3.05) is 29.5 Å². The van der Waals surface area contributed by atoms with Gasteiger partial charge in [0.15, 0.2) is 0 Å². The van der Waals surface area contributed by atoms with Gasteiger partial charge in [-0.3, -0.25) is 9.10 Å². The van der Waals surface area contributed by atoms with Crippen molar-refractivity contribution in [3.8, 4) is 5.75 Å². The molecule has 0 saturated heterocycles. The van der Waals surface area contributed by atoms with Crippen molar-refractivity contribution in [3.63, 3.8) is 0 Å². The Kier molecular flexibility index (Phi) is 7.63. The van der Waals surface area contributed by atoms with E-state index in [1.165, 1.54) is 37.4 Å². The van der Waals surface area contributed by atoms with Crippen molar-refractivity contribution in [2.24, 2.45) is 0 Å². The van der Waals surface area contributed by atoms with Crippen LogP contribution < -0.4 is 19.1 Å². The second-order valence-electron chi connectivity index (χ2n) is 6.94. The summed E-state index contributed by atoms with van der Waals surface area (Å²) in [6.07, 6.45) is 0.885. The van der Waals surface area contributed by atoms with E-state index in [1.807, 2.05) is 0 Å². The van der Waals surface area contributed by atoms with Crippen molar-refractivity contribution in [1.82, 2.24) is 4.72 Å². The molecule has 0 saturated carbocycles. The fraction of sp³-hybridized carbons (Fsp3) is 0.316. The second-order valence-corrected chi connectivity index (χ2v) is 10.6. The number of carbonyl (C=O) groups excluding carboxylic acids is 1. The van der Waals surface area contributed by atoms with Gasteiger partial charge in [-0.2, -0.15) is 0 Å². The molecule has 0 spiro atoms. The molecular formula is C19H24FN3O6S2. The monoisotopic (exact) mass is 473 g/mol. The number of nitrogens with one attached hydrogen (secondary N) is 2. The second kappa shape index (κ2) is 9.62. The number of nitrogens with zero attached hydrogens (tertiary/aromatic N) is 1. The number of halogens is 1. The number of amides is 1. The van der Waals surface area contributed by atoms with Crippen LogP contribution in [0.5, 0.6) is 5.75 Å². The van der Waals surface area contributed by atoms with E-state index in [9.17, 15) is 26.0 Å². The summed E-state index contributed by atoms with van der Waals surface area (Å²) in [5, 5.41) is 2.46. The summed E-state index contributed by atoms with van der Waals surface area (Å²) in [6.45, 7) is 2.67. The van der Waals surface area contributed by atoms with Crippen LogP contribution in [-0.4, -0.2) is 48.7 Å². The molecule has 0 radical (unpaired) electrons. The third kappa shape index (κ3) is 6.64. The van der Waals surface area contributed by atoms with E-state index in [1.54, 1.807) is 13.8 Å². The Labute approximate surface area is 181 Å². The van der Waals surface area contributed by atoms with Gasteiger partial charge in [-0.05, 0) is 50.2 Å². The molecule has 1 amide bonds. The number of carbonyl (C=O) groups is 1. The molecule has 0 aliphatic carbocycles. The molecule has 2 aromatic carbocycles. The van der Waals surface area contributed by atoms with Gasteiger partial charge in [0.25, 0.3) is 0 Å². The maximum atomic E-state index is 13.5. The van der Waals surface area contributed by atoms with Crippen LogP contribution in [0.15, 0.2) is 47.4 Å². The summed E-state index contributed by atoms with van der Waals surface area (Å²) in [5.41, 5.74) is 0.00824. The van der Waals surface area contributed by atoms with Gasteiger partial charge in [-0.15, -0.1) is 0 Å². The first kappa shape index (κ1) is 24.6. The van der Waals surface area contributed by atoms with E-state index in [2.05, 4.69) is 10.0 Å². The predicted octanol–water partition coefficient (Wildman–Crippen LogP) is 1.93. The lowest BCUT2D eigenvalue weighted by Crippen LogP contribution is -2.37. The number of benzene rings is 2. The average Bonchev–Trinajstić information content (AvgIpc) is 2.64. The average molecular weight is 474 g/mol. The highest BCUT2D eigenvalue weighted by molar-refractivity contribution is 7.92. The van der Waals surface area contributed by atoms with E-state index in [0.717, 1.165) is 22.7 Å². The molecule has 0 aliphatic heterocycles. The molecule has 0 atom stereocenters. The number of methoxy groups -OCH3 is 1. The van der Waals surface area contributed by atoms with Crippen LogP contribution in [0, 0.1) is 5.82 Å². The third-order valence-corrected chi connectivity index (χ3v) is 6.73.